The number of aliphatic hydroxyl groups excluding tert-OH is 1. The minimum atomic E-state index is -0.772. The minimum Gasteiger partial charge on any atom is -0.491 e. The number of aliphatic hydroxyl groups is 2. The lowest BCUT2D eigenvalue weighted by Gasteiger charge is -2.25. The van der Waals surface area contributed by atoms with Crippen LogP contribution in [0.25, 0.3) is 0 Å². The van der Waals surface area contributed by atoms with Crippen molar-refractivity contribution in [1.82, 2.24) is 0 Å². The van der Waals surface area contributed by atoms with Crippen molar-refractivity contribution >= 4 is 0 Å². The lowest BCUT2D eigenvalue weighted by molar-refractivity contribution is -0.0114. The highest BCUT2D eigenvalue weighted by Crippen LogP contribution is 2.27. The summed E-state index contributed by atoms with van der Waals surface area (Å²) in [5.74, 6) is 0.915. The molecule has 0 saturated heterocycles. The molecule has 0 aliphatic heterocycles. The highest BCUT2D eigenvalue weighted by molar-refractivity contribution is 5.30. The second-order valence-corrected chi connectivity index (χ2v) is 5.62. The molecular weight excluding hydrogens is 252 g/mol. The van der Waals surface area contributed by atoms with Crippen molar-refractivity contribution in [2.45, 2.75) is 58.7 Å². The van der Waals surface area contributed by atoms with E-state index in [0.717, 1.165) is 12.0 Å². The summed E-state index contributed by atoms with van der Waals surface area (Å²) in [6.45, 7) is 8.29. The van der Waals surface area contributed by atoms with E-state index in [2.05, 4.69) is 6.92 Å². The molecule has 2 atom stereocenters. The van der Waals surface area contributed by atoms with Crippen molar-refractivity contribution < 1.29 is 14.9 Å². The summed E-state index contributed by atoms with van der Waals surface area (Å²) in [6, 6.07) is 7.52. The zero-order valence-electron chi connectivity index (χ0n) is 13.1. The molecule has 3 nitrogen and oxygen atoms in total. The van der Waals surface area contributed by atoms with Gasteiger partial charge in [0.25, 0.3) is 0 Å². The Bertz CT molecular complexity index is 399. The zero-order valence-corrected chi connectivity index (χ0v) is 13.1. The van der Waals surface area contributed by atoms with Gasteiger partial charge in [0.05, 0.1) is 11.7 Å². The van der Waals surface area contributed by atoms with Crippen LogP contribution < -0.4 is 4.74 Å². The third-order valence-corrected chi connectivity index (χ3v) is 4.21. The van der Waals surface area contributed by atoms with Crippen LogP contribution in [-0.2, 0) is 0 Å². The first-order chi connectivity index (χ1) is 9.45. The Morgan fingerprint density at radius 3 is 2.40 bits per heavy atom. The highest BCUT2D eigenvalue weighted by Gasteiger charge is 2.23. The van der Waals surface area contributed by atoms with Gasteiger partial charge in [-0.3, -0.25) is 0 Å². The fraction of sp³-hybridized carbons (Fsp3) is 0.647. The zero-order chi connectivity index (χ0) is 15.2. The normalized spacial score (nSPS) is 14.9. The molecule has 0 radical (unpaired) electrons. The predicted molar refractivity (Wildman–Crippen MR) is 81.9 cm³/mol. The fourth-order valence-corrected chi connectivity index (χ4v) is 2.01. The van der Waals surface area contributed by atoms with Crippen LogP contribution in [0.3, 0.4) is 0 Å². The maximum absolute atomic E-state index is 10.2. The van der Waals surface area contributed by atoms with Crippen molar-refractivity contribution in [2.75, 3.05) is 6.61 Å². The molecule has 1 aromatic carbocycles. The van der Waals surface area contributed by atoms with E-state index in [4.69, 9.17) is 4.74 Å². The van der Waals surface area contributed by atoms with Crippen molar-refractivity contribution in [2.24, 2.45) is 5.92 Å². The third-order valence-electron chi connectivity index (χ3n) is 4.21. The van der Waals surface area contributed by atoms with Crippen molar-refractivity contribution in [3.63, 3.8) is 0 Å². The van der Waals surface area contributed by atoms with E-state index in [9.17, 15) is 10.2 Å². The summed E-state index contributed by atoms with van der Waals surface area (Å²) in [5, 5.41) is 20.4. The van der Waals surface area contributed by atoms with E-state index in [1.165, 1.54) is 0 Å². The number of hydrogen-bond acceptors (Lipinski definition) is 3. The molecule has 0 spiro atoms. The minimum absolute atomic E-state index is 0.216. The SMILES string of the molecule is CC[C@@H](C)[C@@H](O)c1cccc(OCC(O)(CC)CC)c1. The summed E-state index contributed by atoms with van der Waals surface area (Å²) < 4.78 is 5.70. The van der Waals surface area contributed by atoms with Crippen LogP contribution in [0.15, 0.2) is 24.3 Å². The van der Waals surface area contributed by atoms with Gasteiger partial charge in [-0.25, -0.2) is 0 Å². The Hall–Kier alpha value is -1.06. The molecule has 0 aliphatic carbocycles. The molecule has 114 valence electrons. The van der Waals surface area contributed by atoms with Gasteiger partial charge >= 0.3 is 0 Å². The Morgan fingerprint density at radius 1 is 1.20 bits per heavy atom. The smallest absolute Gasteiger partial charge is 0.119 e. The summed E-state index contributed by atoms with van der Waals surface area (Å²) >= 11 is 0. The average molecular weight is 280 g/mol. The Balaban J connectivity index is 2.74. The van der Waals surface area contributed by atoms with Gasteiger partial charge in [-0.1, -0.05) is 46.2 Å². The standard InChI is InChI=1S/C17H28O3/c1-5-13(4)16(18)14-9-8-10-15(11-14)20-12-17(19,6-2)7-3/h8-11,13,16,18-19H,5-7,12H2,1-4H3/t13-,16-/m1/s1. The van der Waals surface area contributed by atoms with E-state index in [0.29, 0.717) is 18.6 Å². The fourth-order valence-electron chi connectivity index (χ4n) is 2.01. The van der Waals surface area contributed by atoms with Gasteiger partial charge in [-0.2, -0.15) is 0 Å². The number of hydrogen-bond donors (Lipinski definition) is 2. The molecule has 0 saturated carbocycles. The van der Waals surface area contributed by atoms with Crippen LogP contribution in [0.1, 0.15) is 58.6 Å². The molecule has 1 rings (SSSR count). The summed E-state index contributed by atoms with van der Waals surface area (Å²) in [5.41, 5.74) is 0.0964. The van der Waals surface area contributed by atoms with Crippen LogP contribution in [0.2, 0.25) is 0 Å². The number of rotatable bonds is 8. The van der Waals surface area contributed by atoms with Crippen LogP contribution in [0, 0.1) is 5.92 Å². The quantitative estimate of drug-likeness (QED) is 0.763. The molecule has 2 N–H and O–H groups in total. The maximum Gasteiger partial charge on any atom is 0.119 e. The van der Waals surface area contributed by atoms with E-state index in [-0.39, 0.29) is 12.5 Å². The van der Waals surface area contributed by atoms with Gasteiger partial charge in [0.1, 0.15) is 12.4 Å². The van der Waals surface area contributed by atoms with Gasteiger partial charge in [0.2, 0.25) is 0 Å². The van der Waals surface area contributed by atoms with Crippen LogP contribution in [-0.4, -0.2) is 22.4 Å². The summed E-state index contributed by atoms with van der Waals surface area (Å²) in [7, 11) is 0. The molecule has 0 fully saturated rings. The van der Waals surface area contributed by atoms with E-state index < -0.39 is 11.7 Å². The highest BCUT2D eigenvalue weighted by atomic mass is 16.5. The molecule has 0 heterocycles. The lowest BCUT2D eigenvalue weighted by Crippen LogP contribution is -2.34. The Kier molecular flexibility index (Phi) is 6.50. The van der Waals surface area contributed by atoms with Gasteiger partial charge in [0.15, 0.2) is 0 Å². The molecule has 0 amide bonds. The Morgan fingerprint density at radius 2 is 1.85 bits per heavy atom. The monoisotopic (exact) mass is 280 g/mol. The van der Waals surface area contributed by atoms with Gasteiger partial charge < -0.3 is 14.9 Å². The van der Waals surface area contributed by atoms with Crippen LogP contribution in [0.4, 0.5) is 0 Å². The molecule has 0 bridgehead atoms. The van der Waals surface area contributed by atoms with Crippen LogP contribution >= 0.6 is 0 Å². The van der Waals surface area contributed by atoms with Gasteiger partial charge in [0, 0.05) is 0 Å². The first kappa shape index (κ1) is 17.0. The van der Waals surface area contributed by atoms with Crippen molar-refractivity contribution in [1.29, 1.82) is 0 Å². The summed E-state index contributed by atoms with van der Waals surface area (Å²) in [4.78, 5) is 0. The van der Waals surface area contributed by atoms with Gasteiger partial charge in [-0.15, -0.1) is 0 Å². The van der Waals surface area contributed by atoms with Crippen LogP contribution in [0.5, 0.6) is 5.75 Å². The second kappa shape index (κ2) is 7.65. The van der Waals surface area contributed by atoms with Crippen molar-refractivity contribution in [3.8, 4) is 5.75 Å². The molecule has 1 aromatic rings. The maximum atomic E-state index is 10.2. The Labute approximate surface area is 122 Å². The average Bonchev–Trinajstić information content (AvgIpc) is 2.51. The first-order valence-corrected chi connectivity index (χ1v) is 7.59. The molecule has 0 aromatic heterocycles. The molecule has 20 heavy (non-hydrogen) atoms. The molecule has 0 aliphatic rings. The van der Waals surface area contributed by atoms with Gasteiger partial charge in [-0.05, 0) is 36.5 Å². The molecule has 3 heteroatoms. The second-order valence-electron chi connectivity index (χ2n) is 5.62. The predicted octanol–water partition coefficient (Wildman–Crippen LogP) is 3.70. The largest absolute Gasteiger partial charge is 0.491 e. The summed E-state index contributed by atoms with van der Waals surface area (Å²) in [6.07, 6.45) is 1.79. The van der Waals surface area contributed by atoms with E-state index >= 15 is 0 Å². The number of benzene rings is 1. The number of ether oxygens (including phenoxy) is 1. The third kappa shape index (κ3) is 4.50. The molecule has 0 unspecified atom stereocenters. The topological polar surface area (TPSA) is 49.7 Å². The van der Waals surface area contributed by atoms with E-state index in [1.807, 2.05) is 45.0 Å². The first-order valence-electron chi connectivity index (χ1n) is 7.59. The lowest BCUT2D eigenvalue weighted by atomic mass is 9.95. The van der Waals surface area contributed by atoms with Crippen molar-refractivity contribution in [3.05, 3.63) is 29.8 Å². The molecular formula is C17H28O3. The van der Waals surface area contributed by atoms with E-state index in [1.54, 1.807) is 0 Å².